The molecule has 0 bridgehead atoms. The Hall–Kier alpha value is -1.13. The van der Waals surface area contributed by atoms with Crippen LogP contribution in [0.4, 0.5) is 0 Å². The molecule has 2 N–H and O–H groups in total. The number of carbonyl (C=O) groups is 1. The molecule has 2 fully saturated rings. The molecular weight excluding hydrogens is 264 g/mol. The average Bonchev–Trinajstić information content (AvgIpc) is 2.78. The van der Waals surface area contributed by atoms with Gasteiger partial charge in [-0.1, -0.05) is 12.8 Å². The van der Waals surface area contributed by atoms with Gasteiger partial charge in [-0.05, 0) is 39.2 Å². The molecule has 1 aromatic rings. The predicted molar refractivity (Wildman–Crippen MR) is 82.6 cm³/mol. The maximum Gasteiger partial charge on any atom is 0.178 e. The zero-order chi connectivity index (χ0) is 15.0. The van der Waals surface area contributed by atoms with Crippen molar-refractivity contribution in [3.63, 3.8) is 0 Å². The average molecular weight is 290 g/mol. The molecule has 2 atom stereocenters. The number of aliphatic hydroxyl groups is 1. The van der Waals surface area contributed by atoms with Gasteiger partial charge in [-0.2, -0.15) is 0 Å². The number of carbonyl (C=O) groups excluding carboxylic acids is 1. The summed E-state index contributed by atoms with van der Waals surface area (Å²) < 4.78 is 0. The lowest BCUT2D eigenvalue weighted by Crippen LogP contribution is -2.54. The van der Waals surface area contributed by atoms with Crippen LogP contribution >= 0.6 is 0 Å². The summed E-state index contributed by atoms with van der Waals surface area (Å²) in [7, 11) is 0. The highest BCUT2D eigenvalue weighted by molar-refractivity contribution is 5.98. The molecule has 0 aromatic carbocycles. The number of rotatable bonds is 3. The smallest absolute Gasteiger partial charge is 0.178 e. The third-order valence-electron chi connectivity index (χ3n) is 5.33. The van der Waals surface area contributed by atoms with Crippen molar-refractivity contribution >= 4 is 5.78 Å². The zero-order valence-electron chi connectivity index (χ0n) is 13.1. The molecule has 21 heavy (non-hydrogen) atoms. The van der Waals surface area contributed by atoms with E-state index in [-0.39, 0.29) is 5.78 Å². The van der Waals surface area contributed by atoms with E-state index < -0.39 is 5.60 Å². The fraction of sp³-hybridized carbons (Fsp3) is 0.706. The lowest BCUT2D eigenvalue weighted by atomic mass is 9.71. The number of likely N-dealkylation sites (tertiary alicyclic amines) is 1. The Balaban J connectivity index is 1.64. The number of ketones is 1. The fourth-order valence-corrected chi connectivity index (χ4v) is 4.09. The third-order valence-corrected chi connectivity index (χ3v) is 5.33. The van der Waals surface area contributed by atoms with Crippen molar-refractivity contribution in [1.29, 1.82) is 0 Å². The van der Waals surface area contributed by atoms with Crippen LogP contribution in [0.2, 0.25) is 0 Å². The lowest BCUT2D eigenvalue weighted by molar-refractivity contribution is -0.0936. The van der Waals surface area contributed by atoms with Crippen molar-refractivity contribution < 1.29 is 9.90 Å². The first-order chi connectivity index (χ1) is 9.98. The van der Waals surface area contributed by atoms with Crippen molar-refractivity contribution in [1.82, 2.24) is 9.88 Å². The molecule has 3 rings (SSSR count). The number of piperidine rings is 1. The molecule has 0 radical (unpaired) electrons. The highest BCUT2D eigenvalue weighted by Gasteiger charge is 2.42. The molecule has 4 nitrogen and oxygen atoms in total. The summed E-state index contributed by atoms with van der Waals surface area (Å²) in [6.07, 6.45) is 5.22. The summed E-state index contributed by atoms with van der Waals surface area (Å²) in [5.74, 6) is 0.542. The van der Waals surface area contributed by atoms with Gasteiger partial charge in [0.1, 0.15) is 0 Å². The molecule has 0 amide bonds. The van der Waals surface area contributed by atoms with Crippen LogP contribution in [0, 0.1) is 19.8 Å². The number of fused-ring (bicyclic) bond motifs is 1. The SMILES string of the molecule is Cc1cc(C(=O)CN2CCC3(O)CCCCC3C2)c(C)[nH]1. The summed E-state index contributed by atoms with van der Waals surface area (Å²) in [6, 6.07) is 1.94. The van der Waals surface area contributed by atoms with Gasteiger partial charge in [-0.25, -0.2) is 0 Å². The molecule has 1 saturated carbocycles. The Labute approximate surface area is 126 Å². The summed E-state index contributed by atoms with van der Waals surface area (Å²) in [4.78, 5) is 17.9. The van der Waals surface area contributed by atoms with E-state index in [9.17, 15) is 9.90 Å². The Morgan fingerprint density at radius 2 is 2.24 bits per heavy atom. The maximum atomic E-state index is 12.5. The second kappa shape index (κ2) is 5.58. The van der Waals surface area contributed by atoms with Crippen LogP contribution in [0.15, 0.2) is 6.07 Å². The molecule has 2 aliphatic rings. The standard InChI is InChI=1S/C17H26N2O2/c1-12-9-15(13(2)18-12)16(20)11-19-8-7-17(21)6-4-3-5-14(17)10-19/h9,14,18,21H,3-8,10-11H2,1-2H3. The molecule has 0 spiro atoms. The lowest BCUT2D eigenvalue weighted by Gasteiger charge is -2.47. The van der Waals surface area contributed by atoms with Gasteiger partial charge in [0.15, 0.2) is 5.78 Å². The van der Waals surface area contributed by atoms with Crippen LogP contribution in [0.1, 0.15) is 53.8 Å². The van der Waals surface area contributed by atoms with Crippen molar-refractivity contribution in [2.24, 2.45) is 5.92 Å². The first-order valence-electron chi connectivity index (χ1n) is 8.12. The Morgan fingerprint density at radius 1 is 1.43 bits per heavy atom. The van der Waals surface area contributed by atoms with Crippen LogP contribution in [0.5, 0.6) is 0 Å². The minimum Gasteiger partial charge on any atom is -0.390 e. The number of aryl methyl sites for hydroxylation is 2. The monoisotopic (exact) mass is 290 g/mol. The van der Waals surface area contributed by atoms with Gasteiger partial charge in [-0.3, -0.25) is 9.69 Å². The number of hydrogen-bond donors (Lipinski definition) is 2. The van der Waals surface area contributed by atoms with Crippen molar-refractivity contribution in [2.45, 2.75) is 51.6 Å². The molecule has 1 saturated heterocycles. The minimum absolute atomic E-state index is 0.193. The number of H-pyrrole nitrogens is 1. The molecule has 116 valence electrons. The summed E-state index contributed by atoms with van der Waals surface area (Å²) >= 11 is 0. The summed E-state index contributed by atoms with van der Waals surface area (Å²) in [5, 5.41) is 10.7. The number of Topliss-reactive ketones (excluding diaryl/α,β-unsaturated/α-hetero) is 1. The van der Waals surface area contributed by atoms with Gasteiger partial charge in [0, 0.05) is 36.0 Å². The summed E-state index contributed by atoms with van der Waals surface area (Å²) in [6.45, 7) is 6.11. The number of aromatic nitrogens is 1. The van der Waals surface area contributed by atoms with E-state index in [4.69, 9.17) is 0 Å². The highest BCUT2D eigenvalue weighted by atomic mass is 16.3. The Bertz CT molecular complexity index is 537. The van der Waals surface area contributed by atoms with Gasteiger partial charge >= 0.3 is 0 Å². The second-order valence-corrected chi connectivity index (χ2v) is 6.95. The van der Waals surface area contributed by atoms with Gasteiger partial charge in [0.05, 0.1) is 12.1 Å². The van der Waals surface area contributed by atoms with E-state index in [1.54, 1.807) is 0 Å². The van der Waals surface area contributed by atoms with Gasteiger partial charge in [0.25, 0.3) is 0 Å². The Morgan fingerprint density at radius 3 is 2.95 bits per heavy atom. The maximum absolute atomic E-state index is 12.5. The van der Waals surface area contributed by atoms with Crippen LogP contribution in [-0.2, 0) is 0 Å². The number of nitrogens with one attached hydrogen (secondary N) is 1. The second-order valence-electron chi connectivity index (χ2n) is 6.95. The van der Waals surface area contributed by atoms with E-state index in [1.165, 1.54) is 6.42 Å². The highest BCUT2D eigenvalue weighted by Crippen LogP contribution is 2.39. The van der Waals surface area contributed by atoms with Gasteiger partial charge < -0.3 is 10.1 Å². The molecule has 4 heteroatoms. The van der Waals surface area contributed by atoms with Crippen LogP contribution in [0.25, 0.3) is 0 Å². The van der Waals surface area contributed by atoms with Crippen molar-refractivity contribution in [2.75, 3.05) is 19.6 Å². The molecule has 1 aromatic heterocycles. The number of nitrogens with zero attached hydrogens (tertiary/aromatic N) is 1. The van der Waals surface area contributed by atoms with E-state index in [0.29, 0.717) is 12.5 Å². The first kappa shape index (κ1) is 14.8. The van der Waals surface area contributed by atoms with E-state index in [1.807, 2.05) is 19.9 Å². The van der Waals surface area contributed by atoms with Crippen LogP contribution < -0.4 is 0 Å². The van der Waals surface area contributed by atoms with Crippen LogP contribution in [0.3, 0.4) is 0 Å². The van der Waals surface area contributed by atoms with Crippen molar-refractivity contribution in [3.8, 4) is 0 Å². The fourth-order valence-electron chi connectivity index (χ4n) is 4.09. The van der Waals surface area contributed by atoms with E-state index >= 15 is 0 Å². The normalized spacial score (nSPS) is 30.1. The topological polar surface area (TPSA) is 56.3 Å². The van der Waals surface area contributed by atoms with E-state index in [0.717, 1.165) is 55.7 Å². The van der Waals surface area contributed by atoms with Gasteiger partial charge in [0.2, 0.25) is 0 Å². The largest absolute Gasteiger partial charge is 0.390 e. The third kappa shape index (κ3) is 2.92. The Kier molecular flexibility index (Phi) is 3.93. The number of hydrogen-bond acceptors (Lipinski definition) is 3. The predicted octanol–water partition coefficient (Wildman–Crippen LogP) is 2.44. The molecule has 2 unspecified atom stereocenters. The summed E-state index contributed by atoms with van der Waals surface area (Å²) in [5.41, 5.74) is 2.36. The molecule has 1 aliphatic carbocycles. The minimum atomic E-state index is -0.460. The molecule has 2 heterocycles. The number of aromatic amines is 1. The molecular formula is C17H26N2O2. The quantitative estimate of drug-likeness (QED) is 0.841. The first-order valence-corrected chi connectivity index (χ1v) is 8.12. The van der Waals surface area contributed by atoms with Crippen LogP contribution in [-0.4, -0.2) is 46.0 Å². The van der Waals surface area contributed by atoms with E-state index in [2.05, 4.69) is 9.88 Å². The molecule has 1 aliphatic heterocycles. The van der Waals surface area contributed by atoms with Crippen molar-refractivity contribution in [3.05, 3.63) is 23.0 Å². The zero-order valence-corrected chi connectivity index (χ0v) is 13.1. The van der Waals surface area contributed by atoms with Gasteiger partial charge in [-0.15, -0.1) is 0 Å².